The van der Waals surface area contributed by atoms with E-state index in [0.29, 0.717) is 21.8 Å². The van der Waals surface area contributed by atoms with Crippen LogP contribution in [-0.2, 0) is 56.2 Å². The van der Waals surface area contributed by atoms with Gasteiger partial charge in [0, 0.05) is 68.2 Å². The van der Waals surface area contributed by atoms with E-state index in [1.807, 2.05) is 24.3 Å². The number of nitrogens with zero attached hydrogens (tertiary/aromatic N) is 3. The van der Waals surface area contributed by atoms with Crippen molar-refractivity contribution in [3.05, 3.63) is 128 Å². The molecule has 5 amide bonds. The van der Waals surface area contributed by atoms with Crippen LogP contribution in [0.15, 0.2) is 85.3 Å². The van der Waals surface area contributed by atoms with Gasteiger partial charge in [0.15, 0.2) is 0 Å². The minimum atomic E-state index is -1.20. The van der Waals surface area contributed by atoms with Gasteiger partial charge in [0.05, 0.1) is 11.3 Å². The van der Waals surface area contributed by atoms with Gasteiger partial charge < -0.3 is 31.6 Å². The van der Waals surface area contributed by atoms with Crippen molar-refractivity contribution in [1.29, 1.82) is 0 Å². The van der Waals surface area contributed by atoms with E-state index >= 15 is 0 Å². The molecule has 0 saturated carbocycles. The van der Waals surface area contributed by atoms with Crippen LogP contribution in [0.1, 0.15) is 34.9 Å². The van der Waals surface area contributed by atoms with E-state index in [0.717, 1.165) is 11.1 Å². The third kappa shape index (κ3) is 9.57. The number of hydrogen-bond acceptors (Lipinski definition) is 8. The second kappa shape index (κ2) is 16.7. The van der Waals surface area contributed by atoms with Gasteiger partial charge in [-0.25, -0.2) is 4.98 Å². The smallest absolute Gasteiger partial charge is 0.269 e. The standard InChI is InChI=1S/C36H37ClN8O7/c1-21(46)41-30(17-27-18-39-20-40-27)34(48)43-31(15-22-6-10-26(37)11-7-22)36(50)44-19-25-5-3-2-4-24(25)16-32(44)35(49)42-29(33(38)47)14-23-8-12-28(13-9-23)45(51)52/h2-13,18,20,29-32H,14-17,19H2,1H3,(H2,38,47)(H,39,40)(H,41,46)(H,42,49)(H,43,48)/t29-,30+,31-,32?/m1/s1. The second-order valence-electron chi connectivity index (χ2n) is 12.5. The fourth-order valence-electron chi connectivity index (χ4n) is 6.07. The maximum atomic E-state index is 14.6. The lowest BCUT2D eigenvalue weighted by molar-refractivity contribution is -0.384. The lowest BCUT2D eigenvalue weighted by Crippen LogP contribution is -2.61. The van der Waals surface area contributed by atoms with Crippen LogP contribution in [0.3, 0.4) is 0 Å². The Morgan fingerprint density at radius 2 is 1.54 bits per heavy atom. The summed E-state index contributed by atoms with van der Waals surface area (Å²) in [6, 6.07) is 15.0. The Kier molecular flexibility index (Phi) is 12.0. The minimum Gasteiger partial charge on any atom is -0.368 e. The number of nitro groups is 1. The van der Waals surface area contributed by atoms with E-state index in [9.17, 15) is 34.1 Å². The monoisotopic (exact) mass is 728 g/mol. The van der Waals surface area contributed by atoms with Crippen molar-refractivity contribution in [2.24, 2.45) is 5.73 Å². The third-order valence-electron chi connectivity index (χ3n) is 8.72. The lowest BCUT2D eigenvalue weighted by Gasteiger charge is -2.38. The maximum absolute atomic E-state index is 14.6. The molecule has 4 atom stereocenters. The first-order chi connectivity index (χ1) is 24.9. The molecule has 0 fully saturated rings. The molecule has 3 aromatic carbocycles. The third-order valence-corrected chi connectivity index (χ3v) is 8.97. The molecule has 1 aliphatic heterocycles. The van der Waals surface area contributed by atoms with E-state index in [1.165, 1.54) is 48.6 Å². The average molecular weight is 729 g/mol. The molecule has 2 heterocycles. The van der Waals surface area contributed by atoms with E-state index < -0.39 is 58.6 Å². The van der Waals surface area contributed by atoms with E-state index in [1.54, 1.807) is 24.3 Å². The molecule has 1 aromatic heterocycles. The summed E-state index contributed by atoms with van der Waals surface area (Å²) in [6.07, 6.45) is 3.11. The van der Waals surface area contributed by atoms with Crippen molar-refractivity contribution in [1.82, 2.24) is 30.8 Å². The lowest BCUT2D eigenvalue weighted by atomic mass is 9.91. The maximum Gasteiger partial charge on any atom is 0.269 e. The summed E-state index contributed by atoms with van der Waals surface area (Å²) in [5.74, 6) is -3.16. The number of hydrogen-bond donors (Lipinski definition) is 5. The van der Waals surface area contributed by atoms with Gasteiger partial charge in [0.25, 0.3) is 5.69 Å². The summed E-state index contributed by atoms with van der Waals surface area (Å²) >= 11 is 6.11. The van der Waals surface area contributed by atoms with Crippen LogP contribution >= 0.6 is 11.6 Å². The number of non-ortho nitro benzene ring substituents is 1. The number of carbonyl (C=O) groups excluding carboxylic acids is 5. The van der Waals surface area contributed by atoms with Gasteiger partial charge in [-0.2, -0.15) is 0 Å². The van der Waals surface area contributed by atoms with Gasteiger partial charge in [0.2, 0.25) is 29.5 Å². The molecule has 5 rings (SSSR count). The molecular weight excluding hydrogens is 692 g/mol. The molecule has 270 valence electrons. The number of aromatic nitrogens is 2. The highest BCUT2D eigenvalue weighted by molar-refractivity contribution is 6.30. The molecule has 6 N–H and O–H groups in total. The van der Waals surface area contributed by atoms with E-state index in [4.69, 9.17) is 17.3 Å². The quantitative estimate of drug-likeness (QED) is 0.0951. The molecular formula is C36H37ClN8O7. The Bertz CT molecular complexity index is 1940. The highest BCUT2D eigenvalue weighted by Gasteiger charge is 2.39. The Morgan fingerprint density at radius 3 is 2.13 bits per heavy atom. The zero-order valence-electron chi connectivity index (χ0n) is 28.1. The topological polar surface area (TPSA) is 223 Å². The number of H-pyrrole nitrogens is 1. The fraction of sp³-hybridized carbons (Fsp3) is 0.278. The normalized spacial score (nSPS) is 15.3. The Balaban J connectivity index is 1.44. The summed E-state index contributed by atoms with van der Waals surface area (Å²) in [6.45, 7) is 1.30. The van der Waals surface area contributed by atoms with E-state index in [-0.39, 0.29) is 37.9 Å². The number of rotatable bonds is 14. The van der Waals surface area contributed by atoms with Crippen LogP contribution < -0.4 is 21.7 Å². The number of nitro benzene ring substituents is 1. The molecule has 52 heavy (non-hydrogen) atoms. The van der Waals surface area contributed by atoms with Crippen molar-refractivity contribution >= 4 is 46.8 Å². The molecule has 4 aromatic rings. The number of amides is 5. The first-order valence-electron chi connectivity index (χ1n) is 16.4. The predicted molar refractivity (Wildman–Crippen MR) is 189 cm³/mol. The highest BCUT2D eigenvalue weighted by atomic mass is 35.5. The van der Waals surface area contributed by atoms with Gasteiger partial charge in [-0.15, -0.1) is 0 Å². The van der Waals surface area contributed by atoms with Crippen LogP contribution in [0, 0.1) is 10.1 Å². The van der Waals surface area contributed by atoms with Gasteiger partial charge in [-0.05, 0) is 34.4 Å². The number of benzene rings is 3. The zero-order chi connectivity index (χ0) is 37.4. The van der Waals surface area contributed by atoms with E-state index in [2.05, 4.69) is 25.9 Å². The number of fused-ring (bicyclic) bond motifs is 1. The molecule has 0 aliphatic carbocycles. The summed E-state index contributed by atoms with van der Waals surface area (Å²) < 4.78 is 0. The molecule has 1 unspecified atom stereocenters. The van der Waals surface area contributed by atoms with Crippen LogP contribution in [0.5, 0.6) is 0 Å². The van der Waals surface area contributed by atoms with Crippen LogP contribution in [-0.4, -0.2) is 73.5 Å². The summed E-state index contributed by atoms with van der Waals surface area (Å²) in [5.41, 5.74) is 8.94. The van der Waals surface area contributed by atoms with Crippen molar-refractivity contribution < 1.29 is 28.9 Å². The molecule has 1 aliphatic rings. The summed E-state index contributed by atoms with van der Waals surface area (Å²) in [4.78, 5) is 85.9. The largest absolute Gasteiger partial charge is 0.368 e. The molecule has 0 radical (unpaired) electrons. The number of primary amides is 1. The predicted octanol–water partition coefficient (Wildman–Crippen LogP) is 1.91. The minimum absolute atomic E-state index is 0.0208. The van der Waals surface area contributed by atoms with Gasteiger partial charge >= 0.3 is 0 Å². The second-order valence-corrected chi connectivity index (χ2v) is 12.9. The number of carbonyl (C=O) groups is 5. The Morgan fingerprint density at radius 1 is 0.904 bits per heavy atom. The molecule has 0 spiro atoms. The first kappa shape index (κ1) is 37.2. The zero-order valence-corrected chi connectivity index (χ0v) is 28.8. The number of nitrogens with two attached hydrogens (primary N) is 1. The van der Waals surface area contributed by atoms with Crippen LogP contribution in [0.4, 0.5) is 5.69 Å². The molecule has 0 bridgehead atoms. The van der Waals surface area contributed by atoms with Crippen molar-refractivity contribution in [2.45, 2.75) is 63.3 Å². The number of imidazole rings is 1. The number of aromatic amines is 1. The highest BCUT2D eigenvalue weighted by Crippen LogP contribution is 2.26. The Hall–Kier alpha value is -6.09. The number of nitrogens with one attached hydrogen (secondary N) is 4. The fourth-order valence-corrected chi connectivity index (χ4v) is 6.19. The van der Waals surface area contributed by atoms with Gasteiger partial charge in [-0.1, -0.05) is 60.1 Å². The van der Waals surface area contributed by atoms with Gasteiger partial charge in [-0.3, -0.25) is 34.1 Å². The average Bonchev–Trinajstić information content (AvgIpc) is 3.64. The first-order valence-corrected chi connectivity index (χ1v) is 16.7. The van der Waals surface area contributed by atoms with Crippen LogP contribution in [0.2, 0.25) is 5.02 Å². The molecule has 16 heteroatoms. The van der Waals surface area contributed by atoms with Crippen LogP contribution in [0.25, 0.3) is 0 Å². The van der Waals surface area contributed by atoms with Gasteiger partial charge in [0.1, 0.15) is 24.2 Å². The number of halogens is 1. The molecule has 15 nitrogen and oxygen atoms in total. The van der Waals surface area contributed by atoms with Crippen molar-refractivity contribution in [3.8, 4) is 0 Å². The van der Waals surface area contributed by atoms with Crippen molar-refractivity contribution in [3.63, 3.8) is 0 Å². The Labute approximate surface area is 303 Å². The summed E-state index contributed by atoms with van der Waals surface area (Å²) in [5, 5.41) is 19.7. The van der Waals surface area contributed by atoms with Crippen molar-refractivity contribution in [2.75, 3.05) is 0 Å². The summed E-state index contributed by atoms with van der Waals surface area (Å²) in [7, 11) is 0. The molecule has 0 saturated heterocycles. The SMILES string of the molecule is CC(=O)N[C@@H](Cc1cnc[nH]1)C(=O)N[C@H](Cc1ccc(Cl)cc1)C(=O)N1Cc2ccccc2CC1C(=O)N[C@H](Cc1ccc([N+](=O)[O-])cc1)C(N)=O.